The van der Waals surface area contributed by atoms with Crippen LogP contribution in [-0.4, -0.2) is 19.8 Å². The number of hydrogen-bond donors (Lipinski definition) is 2. The van der Waals surface area contributed by atoms with Crippen LogP contribution in [0.1, 0.15) is 20.8 Å². The number of alkyl halides is 3. The Morgan fingerprint density at radius 1 is 1.07 bits per heavy atom. The Morgan fingerprint density at radius 2 is 1.69 bits per heavy atom. The first-order chi connectivity index (χ1) is 13.6. The van der Waals surface area contributed by atoms with Crippen molar-refractivity contribution in [3.63, 3.8) is 0 Å². The summed E-state index contributed by atoms with van der Waals surface area (Å²) in [5, 5.41) is 9.58. The highest BCUT2D eigenvalue weighted by molar-refractivity contribution is 7.81. The molecule has 2 aromatic carbocycles. The number of carboxylic acid groups (broad SMARTS) is 1. The van der Waals surface area contributed by atoms with Crippen LogP contribution in [0.25, 0.3) is 10.4 Å². The topological polar surface area (TPSA) is 77.8 Å². The Morgan fingerprint density at radius 3 is 2.21 bits per heavy atom. The number of thiophene rings is 1. The Bertz CT molecular complexity index is 1080. The molecule has 2 N–H and O–H groups in total. The summed E-state index contributed by atoms with van der Waals surface area (Å²) in [7, 11) is 0. The zero-order chi connectivity index (χ0) is 21.3. The number of halogens is 3. The van der Waals surface area contributed by atoms with Gasteiger partial charge in [-0.05, 0) is 42.3 Å². The van der Waals surface area contributed by atoms with Crippen LogP contribution in [0.3, 0.4) is 0 Å². The molecule has 152 valence electrons. The van der Waals surface area contributed by atoms with Gasteiger partial charge in [-0.1, -0.05) is 30.3 Å². The normalized spacial score (nSPS) is 12.6. The molecule has 3 aromatic rings. The van der Waals surface area contributed by atoms with Crippen molar-refractivity contribution < 1.29 is 31.8 Å². The predicted molar refractivity (Wildman–Crippen MR) is 106 cm³/mol. The molecule has 0 aliphatic heterocycles. The number of aryl methyl sites for hydroxylation is 1. The monoisotopic (exact) mass is 441 g/mol. The first kappa shape index (κ1) is 21.0. The Hall–Kier alpha value is -2.69. The molecule has 3 rings (SSSR count). The van der Waals surface area contributed by atoms with Crippen LogP contribution < -0.4 is 4.31 Å². The van der Waals surface area contributed by atoms with E-state index in [1.165, 1.54) is 18.2 Å². The van der Waals surface area contributed by atoms with E-state index >= 15 is 0 Å². The standard InChI is InChI=1S/C19H14F3NO4S2/c1-11-4-2-3-5-14(11)23(29(26)27)15-10-16(28-17(15)18(24)25)12-6-8-13(9-7-12)19(20,21)22/h2-10H,1H3,(H,24,25)(H,26,27). The van der Waals surface area contributed by atoms with Crippen molar-refractivity contribution in [2.75, 3.05) is 4.31 Å². The molecule has 5 nitrogen and oxygen atoms in total. The minimum absolute atomic E-state index is 0.0208. The Balaban J connectivity index is 2.13. The molecular weight excluding hydrogens is 427 g/mol. The van der Waals surface area contributed by atoms with Gasteiger partial charge in [-0.3, -0.25) is 4.55 Å². The molecule has 0 saturated carbocycles. The maximum atomic E-state index is 12.8. The molecule has 1 unspecified atom stereocenters. The number of carbonyl (C=O) groups is 1. The summed E-state index contributed by atoms with van der Waals surface area (Å²) in [4.78, 5) is 11.9. The van der Waals surface area contributed by atoms with Gasteiger partial charge in [-0.2, -0.15) is 13.2 Å². The van der Waals surface area contributed by atoms with Crippen molar-refractivity contribution in [3.8, 4) is 10.4 Å². The van der Waals surface area contributed by atoms with Gasteiger partial charge in [0.15, 0.2) is 0 Å². The SMILES string of the molecule is Cc1ccccc1N(c1cc(-c2ccc(C(F)(F)F)cc2)sc1C(=O)O)S(=O)O. The number of nitrogens with zero attached hydrogens (tertiary/aromatic N) is 1. The predicted octanol–water partition coefficient (Wildman–Crippen LogP) is 5.72. The number of aromatic carboxylic acids is 1. The molecule has 0 fully saturated rings. The highest BCUT2D eigenvalue weighted by atomic mass is 32.2. The van der Waals surface area contributed by atoms with Crippen LogP contribution in [0.5, 0.6) is 0 Å². The molecule has 1 atom stereocenters. The summed E-state index contributed by atoms with van der Waals surface area (Å²) in [6.07, 6.45) is -4.49. The highest BCUT2D eigenvalue weighted by Gasteiger charge is 2.30. The van der Waals surface area contributed by atoms with Crippen molar-refractivity contribution in [1.82, 2.24) is 0 Å². The van der Waals surface area contributed by atoms with Gasteiger partial charge < -0.3 is 5.11 Å². The van der Waals surface area contributed by atoms with Gasteiger partial charge in [0.05, 0.1) is 16.9 Å². The summed E-state index contributed by atoms with van der Waals surface area (Å²) in [6.45, 7) is 1.71. The van der Waals surface area contributed by atoms with Crippen molar-refractivity contribution >= 4 is 39.9 Å². The van der Waals surface area contributed by atoms with Crippen LogP contribution >= 0.6 is 11.3 Å². The van der Waals surface area contributed by atoms with Crippen LogP contribution in [0.4, 0.5) is 24.5 Å². The third kappa shape index (κ3) is 4.34. The minimum Gasteiger partial charge on any atom is -0.477 e. The first-order valence-corrected chi connectivity index (χ1v) is 9.99. The number of para-hydroxylation sites is 1. The summed E-state index contributed by atoms with van der Waals surface area (Å²) in [6, 6.07) is 12.3. The zero-order valence-corrected chi connectivity index (χ0v) is 16.4. The maximum absolute atomic E-state index is 12.8. The third-order valence-corrected chi connectivity index (χ3v) is 5.98. The van der Waals surface area contributed by atoms with Crippen molar-refractivity contribution in [3.05, 3.63) is 70.6 Å². The summed E-state index contributed by atoms with van der Waals surface area (Å²) < 4.78 is 61.2. The molecule has 0 saturated heterocycles. The average Bonchev–Trinajstić information content (AvgIpc) is 3.08. The third-order valence-electron chi connectivity index (χ3n) is 4.11. The second-order valence-electron chi connectivity index (χ2n) is 6.02. The second-order valence-corrected chi connectivity index (χ2v) is 7.90. The lowest BCUT2D eigenvalue weighted by atomic mass is 10.1. The fraction of sp³-hybridized carbons (Fsp3) is 0.105. The largest absolute Gasteiger partial charge is 0.477 e. The fourth-order valence-corrected chi connectivity index (χ4v) is 4.47. The lowest BCUT2D eigenvalue weighted by molar-refractivity contribution is -0.137. The van der Waals surface area contributed by atoms with Crippen LogP contribution in [0.2, 0.25) is 0 Å². The molecule has 0 radical (unpaired) electrons. The van der Waals surface area contributed by atoms with E-state index in [1.807, 2.05) is 0 Å². The van der Waals surface area contributed by atoms with Gasteiger partial charge in [0.1, 0.15) is 4.88 Å². The Labute approximate surface area is 170 Å². The number of rotatable bonds is 5. The van der Waals surface area contributed by atoms with E-state index in [9.17, 15) is 31.8 Å². The number of anilines is 2. The van der Waals surface area contributed by atoms with Crippen molar-refractivity contribution in [2.45, 2.75) is 13.1 Å². The molecule has 0 bridgehead atoms. The first-order valence-electron chi connectivity index (χ1n) is 8.11. The number of hydrogen-bond acceptors (Lipinski definition) is 3. The van der Waals surface area contributed by atoms with E-state index in [1.54, 1.807) is 31.2 Å². The number of benzene rings is 2. The average molecular weight is 441 g/mol. The van der Waals surface area contributed by atoms with Crippen LogP contribution in [-0.2, 0) is 17.4 Å². The lowest BCUT2D eigenvalue weighted by Crippen LogP contribution is -2.21. The highest BCUT2D eigenvalue weighted by Crippen LogP contribution is 2.41. The molecule has 10 heteroatoms. The summed E-state index contributed by atoms with van der Waals surface area (Å²) in [5.74, 6) is -1.31. The van der Waals surface area contributed by atoms with E-state index in [4.69, 9.17) is 0 Å². The zero-order valence-electron chi connectivity index (χ0n) is 14.8. The fourth-order valence-electron chi connectivity index (χ4n) is 2.74. The van der Waals surface area contributed by atoms with Gasteiger partial charge in [0, 0.05) is 4.88 Å². The van der Waals surface area contributed by atoms with Crippen LogP contribution in [0, 0.1) is 6.92 Å². The molecule has 0 amide bonds. The van der Waals surface area contributed by atoms with Crippen molar-refractivity contribution in [2.24, 2.45) is 0 Å². The van der Waals surface area contributed by atoms with Gasteiger partial charge >= 0.3 is 12.1 Å². The van der Waals surface area contributed by atoms with E-state index < -0.39 is 29.0 Å². The van der Waals surface area contributed by atoms with Crippen LogP contribution in [0.15, 0.2) is 54.6 Å². The minimum atomic E-state index is -4.49. The molecule has 1 aromatic heterocycles. The molecule has 0 aliphatic rings. The van der Waals surface area contributed by atoms with E-state index in [0.29, 0.717) is 21.7 Å². The number of carboxylic acids is 1. The van der Waals surface area contributed by atoms with E-state index in [-0.39, 0.29) is 10.6 Å². The van der Waals surface area contributed by atoms with E-state index in [2.05, 4.69) is 0 Å². The smallest absolute Gasteiger partial charge is 0.416 e. The molecule has 0 aliphatic carbocycles. The molecule has 1 heterocycles. The molecular formula is C19H14F3NO4S2. The van der Waals surface area contributed by atoms with Gasteiger partial charge in [0.25, 0.3) is 11.3 Å². The summed E-state index contributed by atoms with van der Waals surface area (Å²) >= 11 is -1.76. The maximum Gasteiger partial charge on any atom is 0.416 e. The Kier molecular flexibility index (Phi) is 5.78. The molecule has 29 heavy (non-hydrogen) atoms. The quantitative estimate of drug-likeness (QED) is 0.497. The van der Waals surface area contributed by atoms with E-state index in [0.717, 1.165) is 27.8 Å². The second kappa shape index (κ2) is 7.97. The lowest BCUT2D eigenvalue weighted by Gasteiger charge is -2.21. The van der Waals surface area contributed by atoms with Gasteiger partial charge in [-0.15, -0.1) is 11.3 Å². The van der Waals surface area contributed by atoms with Gasteiger partial charge in [-0.25, -0.2) is 13.3 Å². The summed E-state index contributed by atoms with van der Waals surface area (Å²) in [5.41, 5.74) is 0.508. The van der Waals surface area contributed by atoms with Gasteiger partial charge in [0.2, 0.25) is 0 Å². The van der Waals surface area contributed by atoms with Crippen molar-refractivity contribution in [1.29, 1.82) is 0 Å². The molecule has 0 spiro atoms.